The second-order valence-corrected chi connectivity index (χ2v) is 5.59. The largest absolute Gasteiger partial charge is 0.325 e. The fourth-order valence-electron chi connectivity index (χ4n) is 2.35. The van der Waals surface area contributed by atoms with Crippen LogP contribution in [0.25, 0.3) is 0 Å². The van der Waals surface area contributed by atoms with Crippen molar-refractivity contribution in [2.75, 3.05) is 5.32 Å². The Morgan fingerprint density at radius 1 is 1.29 bits per heavy atom. The van der Waals surface area contributed by atoms with E-state index in [1.165, 1.54) is 36.1 Å². The maximum absolute atomic E-state index is 4.73. The fourth-order valence-corrected chi connectivity index (χ4v) is 3.13. The number of guanidine groups is 1. The molecule has 1 heterocycles. The van der Waals surface area contributed by atoms with Gasteiger partial charge in [-0.1, -0.05) is 18.9 Å². The minimum Gasteiger partial charge on any atom is -0.325 e. The summed E-state index contributed by atoms with van der Waals surface area (Å²) in [6.45, 7) is 2.11. The van der Waals surface area contributed by atoms with E-state index < -0.39 is 0 Å². The highest BCUT2D eigenvalue weighted by molar-refractivity contribution is 7.98. The quantitative estimate of drug-likeness (QED) is 0.747. The van der Waals surface area contributed by atoms with Gasteiger partial charge in [0.2, 0.25) is 5.96 Å². The Bertz CT molecular complexity index is 450. The van der Waals surface area contributed by atoms with Gasteiger partial charge in [0, 0.05) is 0 Å². The van der Waals surface area contributed by atoms with Crippen molar-refractivity contribution in [1.82, 2.24) is 4.72 Å². The van der Waals surface area contributed by atoms with E-state index in [2.05, 4.69) is 35.2 Å². The molecule has 0 saturated heterocycles. The van der Waals surface area contributed by atoms with Gasteiger partial charge in [-0.05, 0) is 49.4 Å². The normalized spacial score (nSPS) is 22.1. The predicted octanol–water partition coefficient (Wildman–Crippen LogP) is 3.32. The molecular formula is C13H17N3S. The van der Waals surface area contributed by atoms with Crippen molar-refractivity contribution < 1.29 is 0 Å². The van der Waals surface area contributed by atoms with E-state index in [-0.39, 0.29) is 0 Å². The number of aryl methyl sites for hydroxylation is 1. The van der Waals surface area contributed by atoms with E-state index in [1.807, 2.05) is 0 Å². The summed E-state index contributed by atoms with van der Waals surface area (Å²) in [5.74, 6) is 0.915. The Kier molecular flexibility index (Phi) is 2.97. The van der Waals surface area contributed by atoms with Gasteiger partial charge in [0.25, 0.3) is 0 Å². The van der Waals surface area contributed by atoms with Crippen molar-refractivity contribution >= 4 is 23.6 Å². The van der Waals surface area contributed by atoms with Gasteiger partial charge in [0.15, 0.2) is 0 Å². The summed E-state index contributed by atoms with van der Waals surface area (Å²) >= 11 is 1.65. The minimum atomic E-state index is 0.512. The number of nitrogens with one attached hydrogen (secondary N) is 2. The molecule has 3 nitrogen and oxygen atoms in total. The first-order valence-electron chi connectivity index (χ1n) is 6.19. The first kappa shape index (κ1) is 11.0. The van der Waals surface area contributed by atoms with Crippen LogP contribution in [0.15, 0.2) is 28.1 Å². The summed E-state index contributed by atoms with van der Waals surface area (Å²) in [7, 11) is 0. The smallest absolute Gasteiger partial charge is 0.206 e. The molecule has 2 N–H and O–H groups in total. The molecule has 0 atom stereocenters. The van der Waals surface area contributed by atoms with Gasteiger partial charge in [0.1, 0.15) is 0 Å². The van der Waals surface area contributed by atoms with Gasteiger partial charge in [-0.15, -0.1) is 0 Å². The van der Waals surface area contributed by atoms with Crippen LogP contribution in [0.4, 0.5) is 5.69 Å². The summed E-state index contributed by atoms with van der Waals surface area (Å²) in [6.07, 6.45) is 5.12. The second kappa shape index (κ2) is 4.61. The molecule has 2 aliphatic rings. The molecule has 0 spiro atoms. The lowest BCUT2D eigenvalue weighted by Gasteiger charge is -2.21. The standard InChI is InChI=1S/C13H17N3S/c1-9-6-7-11-12(8-9)17-16-13(15-11)14-10-4-2-3-5-10/h6-8,10H,2-5H2,1H3,(H2,14,15,16). The molecular weight excluding hydrogens is 230 g/mol. The molecule has 90 valence electrons. The van der Waals surface area contributed by atoms with Crippen molar-refractivity contribution in [3.63, 3.8) is 0 Å². The van der Waals surface area contributed by atoms with E-state index in [0.717, 1.165) is 11.6 Å². The Morgan fingerprint density at radius 3 is 2.94 bits per heavy atom. The van der Waals surface area contributed by atoms with E-state index in [0.29, 0.717) is 6.04 Å². The van der Waals surface area contributed by atoms with Gasteiger partial charge in [0.05, 0.1) is 16.6 Å². The highest BCUT2D eigenvalue weighted by atomic mass is 32.2. The molecule has 1 saturated carbocycles. The van der Waals surface area contributed by atoms with Gasteiger partial charge >= 0.3 is 0 Å². The molecule has 0 radical (unpaired) electrons. The topological polar surface area (TPSA) is 36.4 Å². The molecule has 0 unspecified atom stereocenters. The Balaban J connectivity index is 1.78. The summed E-state index contributed by atoms with van der Waals surface area (Å²) in [5.41, 5.74) is 2.45. The van der Waals surface area contributed by atoms with Crippen molar-refractivity contribution in [2.45, 2.75) is 43.5 Å². The monoisotopic (exact) mass is 247 g/mol. The molecule has 1 fully saturated rings. The third-order valence-electron chi connectivity index (χ3n) is 3.28. The van der Waals surface area contributed by atoms with E-state index >= 15 is 0 Å². The van der Waals surface area contributed by atoms with Crippen LogP contribution in [-0.2, 0) is 0 Å². The van der Waals surface area contributed by atoms with Crippen LogP contribution in [-0.4, -0.2) is 12.0 Å². The number of benzene rings is 1. The van der Waals surface area contributed by atoms with Crippen molar-refractivity contribution in [1.29, 1.82) is 0 Å². The zero-order chi connectivity index (χ0) is 11.7. The highest BCUT2D eigenvalue weighted by Gasteiger charge is 2.18. The summed E-state index contributed by atoms with van der Waals surface area (Å²) in [4.78, 5) is 5.98. The zero-order valence-corrected chi connectivity index (χ0v) is 10.8. The lowest BCUT2D eigenvalue weighted by molar-refractivity contribution is 0.704. The summed E-state index contributed by atoms with van der Waals surface area (Å²) < 4.78 is 3.28. The fraction of sp³-hybridized carbons (Fsp3) is 0.462. The van der Waals surface area contributed by atoms with Gasteiger partial charge in [-0.3, -0.25) is 4.72 Å². The van der Waals surface area contributed by atoms with Crippen molar-refractivity contribution in [3.05, 3.63) is 23.8 Å². The number of fused-ring (bicyclic) bond motifs is 1. The number of hydrogen-bond acceptors (Lipinski definition) is 2. The molecule has 17 heavy (non-hydrogen) atoms. The summed E-state index contributed by atoms with van der Waals surface area (Å²) in [5, 5.41) is 3.37. The van der Waals surface area contributed by atoms with E-state index in [9.17, 15) is 0 Å². The second-order valence-electron chi connectivity index (χ2n) is 4.74. The molecule has 0 bridgehead atoms. The van der Waals surface area contributed by atoms with Crippen LogP contribution >= 0.6 is 11.9 Å². The van der Waals surface area contributed by atoms with Crippen LogP contribution in [0.1, 0.15) is 31.2 Å². The number of nitrogens with zero attached hydrogens (tertiary/aromatic N) is 1. The van der Waals surface area contributed by atoms with E-state index in [4.69, 9.17) is 4.99 Å². The first-order valence-corrected chi connectivity index (χ1v) is 7.01. The van der Waals surface area contributed by atoms with E-state index in [1.54, 1.807) is 11.9 Å². The number of hydrogen-bond donors (Lipinski definition) is 2. The SMILES string of the molecule is Cc1ccc2c(c1)SNC(=NC1CCCC1)N2. The molecule has 1 aromatic rings. The molecule has 1 aliphatic carbocycles. The Hall–Kier alpha value is -1.16. The predicted molar refractivity (Wildman–Crippen MR) is 73.5 cm³/mol. The lowest BCUT2D eigenvalue weighted by Crippen LogP contribution is -2.30. The van der Waals surface area contributed by atoms with Gasteiger partial charge in [-0.25, -0.2) is 4.99 Å². The third kappa shape index (κ3) is 2.41. The molecule has 3 rings (SSSR count). The van der Waals surface area contributed by atoms with Crippen molar-refractivity contribution in [2.24, 2.45) is 4.99 Å². The molecule has 4 heteroatoms. The lowest BCUT2D eigenvalue weighted by atomic mass is 10.2. The number of aliphatic imine (C=N–C) groups is 1. The number of anilines is 1. The molecule has 1 aliphatic heterocycles. The Morgan fingerprint density at radius 2 is 2.12 bits per heavy atom. The van der Waals surface area contributed by atoms with Crippen molar-refractivity contribution in [3.8, 4) is 0 Å². The zero-order valence-electron chi connectivity index (χ0n) is 9.99. The average Bonchev–Trinajstić information content (AvgIpc) is 2.82. The van der Waals surface area contributed by atoms with Crippen LogP contribution in [0.5, 0.6) is 0 Å². The van der Waals surface area contributed by atoms with Gasteiger partial charge in [-0.2, -0.15) is 0 Å². The maximum Gasteiger partial charge on any atom is 0.206 e. The molecule has 0 amide bonds. The minimum absolute atomic E-state index is 0.512. The number of rotatable bonds is 1. The third-order valence-corrected chi connectivity index (χ3v) is 4.14. The van der Waals surface area contributed by atoms with Crippen LogP contribution in [0.2, 0.25) is 0 Å². The first-order chi connectivity index (χ1) is 8.31. The molecule has 1 aromatic carbocycles. The van der Waals surface area contributed by atoms with Crippen LogP contribution in [0.3, 0.4) is 0 Å². The van der Waals surface area contributed by atoms with Crippen LogP contribution < -0.4 is 10.0 Å². The average molecular weight is 247 g/mol. The Labute approximate surface area is 106 Å². The maximum atomic E-state index is 4.73. The van der Waals surface area contributed by atoms with Crippen LogP contribution in [0, 0.1) is 6.92 Å². The highest BCUT2D eigenvalue weighted by Crippen LogP contribution is 2.30. The molecule has 0 aromatic heterocycles. The van der Waals surface area contributed by atoms with Gasteiger partial charge < -0.3 is 5.32 Å². The summed E-state index contributed by atoms with van der Waals surface area (Å²) in [6, 6.07) is 6.96.